The van der Waals surface area contributed by atoms with E-state index in [-0.39, 0.29) is 61.2 Å². The Hall–Kier alpha value is -4.74. The van der Waals surface area contributed by atoms with Gasteiger partial charge in [0.25, 0.3) is 11.8 Å². The lowest BCUT2D eigenvalue weighted by Crippen LogP contribution is -2.55. The third-order valence-corrected chi connectivity index (χ3v) is 18.2. The number of fused-ring (bicyclic) bond motifs is 6. The molecule has 12 nitrogen and oxygen atoms in total. The second-order valence-electron chi connectivity index (χ2n) is 18.1. The Kier molecular flexibility index (Phi) is 15.1. The van der Waals surface area contributed by atoms with Gasteiger partial charge in [-0.1, -0.05) is 121 Å². The number of rotatable bonds is 20. The van der Waals surface area contributed by atoms with E-state index in [0.29, 0.717) is 13.1 Å². The van der Waals surface area contributed by atoms with E-state index in [0.717, 1.165) is 74.1 Å². The fraction of sp³-hybridized carbons (Fsp3) is 0.385. The standard InChI is InChI=1S/C52H60N4O8P2/c57-49(53-51(47-33-55-29-25-43(47)26-30-55)65(59,61-35-39-13-5-1-6-14-39)62-36-40-15-7-2-8-16-40)45-21-23-46(24-22-45)50(58)54-52(48-34-56-31-27-44(48)28-32-56)66(60,63-37-41-17-9-3-10-18-41)64-38-42-19-11-4-12-20-42/h1-24,43-44,47-48,51-52H,25-38H2,(H,53,57)(H,54,58)/t47-,48-,51-,52-/m0/s1. The molecule has 4 bridgehead atoms. The van der Waals surface area contributed by atoms with Crippen LogP contribution in [-0.4, -0.2) is 72.4 Å². The number of piperidine rings is 6. The minimum atomic E-state index is -4.04. The number of nitrogens with one attached hydrogen (secondary N) is 2. The Morgan fingerprint density at radius 1 is 0.455 bits per heavy atom. The molecule has 6 aliphatic rings. The maximum absolute atomic E-state index is 15.4. The van der Waals surface area contributed by atoms with Crippen molar-refractivity contribution in [2.24, 2.45) is 23.7 Å². The van der Waals surface area contributed by atoms with Crippen molar-refractivity contribution >= 4 is 27.0 Å². The molecule has 2 amide bonds. The van der Waals surface area contributed by atoms with Crippen molar-refractivity contribution in [1.82, 2.24) is 20.4 Å². The quantitative estimate of drug-likeness (QED) is 0.0727. The first kappa shape index (κ1) is 46.4. The molecule has 0 aromatic heterocycles. The van der Waals surface area contributed by atoms with E-state index >= 15 is 9.13 Å². The first-order valence-electron chi connectivity index (χ1n) is 23.3. The van der Waals surface area contributed by atoms with Crippen LogP contribution in [0.3, 0.4) is 0 Å². The van der Waals surface area contributed by atoms with Crippen LogP contribution >= 0.6 is 15.2 Å². The van der Waals surface area contributed by atoms with Gasteiger partial charge in [-0.3, -0.25) is 18.7 Å². The van der Waals surface area contributed by atoms with Crippen molar-refractivity contribution in [3.63, 3.8) is 0 Å². The third-order valence-electron chi connectivity index (χ3n) is 13.9. The van der Waals surface area contributed by atoms with E-state index in [1.165, 1.54) is 0 Å². The van der Waals surface area contributed by atoms with Crippen molar-refractivity contribution in [1.29, 1.82) is 0 Å². The number of nitrogens with zero attached hydrogens (tertiary/aromatic N) is 2. The summed E-state index contributed by atoms with van der Waals surface area (Å²) < 4.78 is 56.2. The molecule has 6 aliphatic heterocycles. The molecule has 346 valence electrons. The normalized spacial score (nSPS) is 23.5. The summed E-state index contributed by atoms with van der Waals surface area (Å²) in [6.45, 7) is 5.35. The molecule has 6 saturated heterocycles. The van der Waals surface area contributed by atoms with Crippen LogP contribution in [0.2, 0.25) is 0 Å². The first-order chi connectivity index (χ1) is 32.2. The van der Waals surface area contributed by atoms with Crippen molar-refractivity contribution in [3.8, 4) is 0 Å². The molecule has 0 spiro atoms. The van der Waals surface area contributed by atoms with Gasteiger partial charge in [0.2, 0.25) is 0 Å². The molecular weight excluding hydrogens is 871 g/mol. The maximum atomic E-state index is 15.4. The highest BCUT2D eigenvalue weighted by Gasteiger charge is 2.51. The molecule has 2 N–H and O–H groups in total. The minimum absolute atomic E-state index is 0.0480. The summed E-state index contributed by atoms with van der Waals surface area (Å²) in [6, 6.07) is 44.6. The van der Waals surface area contributed by atoms with Crippen molar-refractivity contribution < 1.29 is 36.8 Å². The molecule has 4 atom stereocenters. The number of hydrogen-bond donors (Lipinski definition) is 2. The average molecular weight is 931 g/mol. The SMILES string of the molecule is O=C(N[C@H]([C@H]1CN2CCC1CC2)P(=O)(OCc1ccccc1)OCc1ccccc1)c1ccc(C(=O)N[C@H]([C@H]2CN3CCC2CC3)P(=O)(OCc2ccccc2)OCc2ccccc2)cc1. The molecule has 66 heavy (non-hydrogen) atoms. The Bertz CT molecular complexity index is 2190. The first-order valence-corrected chi connectivity index (χ1v) is 26.5. The van der Waals surface area contributed by atoms with Gasteiger partial charge in [-0.05, 0) is 110 Å². The van der Waals surface area contributed by atoms with Gasteiger partial charge in [-0.25, -0.2) is 0 Å². The van der Waals surface area contributed by atoms with Crippen LogP contribution in [0, 0.1) is 23.7 Å². The second-order valence-corrected chi connectivity index (χ2v) is 22.4. The lowest BCUT2D eigenvalue weighted by molar-refractivity contribution is 0.0344. The van der Waals surface area contributed by atoms with Crippen LogP contribution in [0.5, 0.6) is 0 Å². The smallest absolute Gasteiger partial charge is 0.338 e. The van der Waals surface area contributed by atoms with Crippen LogP contribution in [0.4, 0.5) is 0 Å². The van der Waals surface area contributed by atoms with E-state index < -0.39 is 38.6 Å². The molecule has 0 saturated carbocycles. The van der Waals surface area contributed by atoms with Crippen molar-refractivity contribution in [3.05, 3.63) is 179 Å². The highest BCUT2D eigenvalue weighted by Crippen LogP contribution is 2.60. The number of hydrogen-bond acceptors (Lipinski definition) is 10. The molecule has 5 aromatic carbocycles. The van der Waals surface area contributed by atoms with Crippen LogP contribution in [0.15, 0.2) is 146 Å². The van der Waals surface area contributed by atoms with E-state index in [4.69, 9.17) is 18.1 Å². The van der Waals surface area contributed by atoms with E-state index in [9.17, 15) is 9.59 Å². The third kappa shape index (κ3) is 11.3. The molecule has 5 aromatic rings. The van der Waals surface area contributed by atoms with Gasteiger partial charge in [-0.15, -0.1) is 0 Å². The lowest BCUT2D eigenvalue weighted by atomic mass is 9.79. The Labute approximate surface area is 388 Å². The topological polar surface area (TPSA) is 136 Å². The second kappa shape index (κ2) is 21.5. The van der Waals surface area contributed by atoms with Gasteiger partial charge in [0, 0.05) is 36.1 Å². The minimum Gasteiger partial charge on any atom is -0.338 e. The fourth-order valence-electron chi connectivity index (χ4n) is 10.1. The Balaban J connectivity index is 0.967. The highest BCUT2D eigenvalue weighted by atomic mass is 31.2. The monoisotopic (exact) mass is 930 g/mol. The van der Waals surface area contributed by atoms with Gasteiger partial charge < -0.3 is 38.5 Å². The molecular formula is C52H60N4O8P2. The summed E-state index contributed by atoms with van der Waals surface area (Å²) in [4.78, 5) is 33.5. The molecule has 0 aliphatic carbocycles. The number of carbonyl (C=O) groups is 2. The van der Waals surface area contributed by atoms with Gasteiger partial charge in [-0.2, -0.15) is 0 Å². The molecule has 0 unspecified atom stereocenters. The summed E-state index contributed by atoms with van der Waals surface area (Å²) in [6.07, 6.45) is 3.72. The molecule has 11 rings (SSSR count). The number of carbonyl (C=O) groups excluding carboxylic acids is 2. The number of benzene rings is 5. The van der Waals surface area contributed by atoms with E-state index in [1.807, 2.05) is 121 Å². The van der Waals surface area contributed by atoms with Gasteiger partial charge >= 0.3 is 15.2 Å². The predicted octanol–water partition coefficient (Wildman–Crippen LogP) is 9.74. The van der Waals surface area contributed by atoms with Gasteiger partial charge in [0.1, 0.15) is 11.6 Å². The summed E-state index contributed by atoms with van der Waals surface area (Å²) in [5.41, 5.74) is 3.93. The van der Waals surface area contributed by atoms with E-state index in [1.54, 1.807) is 24.3 Å². The van der Waals surface area contributed by atoms with E-state index in [2.05, 4.69) is 20.4 Å². The molecule has 14 heteroatoms. The molecule has 6 fully saturated rings. The molecule has 0 radical (unpaired) electrons. The summed E-state index contributed by atoms with van der Waals surface area (Å²) in [7, 11) is -8.07. The largest absolute Gasteiger partial charge is 0.353 e. The van der Waals surface area contributed by atoms with Crippen molar-refractivity contribution in [2.45, 2.75) is 63.7 Å². The Morgan fingerprint density at radius 2 is 0.727 bits per heavy atom. The van der Waals surface area contributed by atoms with Crippen LogP contribution in [-0.2, 0) is 53.7 Å². The summed E-state index contributed by atoms with van der Waals surface area (Å²) in [5, 5.41) is 6.32. The zero-order valence-corrected chi connectivity index (χ0v) is 39.1. The zero-order chi connectivity index (χ0) is 45.4. The van der Waals surface area contributed by atoms with Crippen LogP contribution in [0.25, 0.3) is 0 Å². The average Bonchev–Trinajstić information content (AvgIpc) is 3.39. The van der Waals surface area contributed by atoms with Gasteiger partial charge in [0.15, 0.2) is 0 Å². The maximum Gasteiger partial charge on any atom is 0.353 e. The van der Waals surface area contributed by atoms with Gasteiger partial charge in [0.05, 0.1) is 26.4 Å². The summed E-state index contributed by atoms with van der Waals surface area (Å²) in [5.74, 6) is -2.66. The number of amides is 2. The highest BCUT2D eigenvalue weighted by molar-refractivity contribution is 7.55. The predicted molar refractivity (Wildman–Crippen MR) is 254 cm³/mol. The zero-order valence-electron chi connectivity index (χ0n) is 37.3. The lowest BCUT2D eigenvalue weighted by Gasteiger charge is -2.48. The summed E-state index contributed by atoms with van der Waals surface area (Å²) >= 11 is 0. The van der Waals surface area contributed by atoms with Crippen molar-refractivity contribution in [2.75, 3.05) is 39.3 Å². The molecule has 6 heterocycles. The van der Waals surface area contributed by atoms with Crippen LogP contribution in [0.1, 0.15) is 68.7 Å². The van der Waals surface area contributed by atoms with Crippen LogP contribution < -0.4 is 10.6 Å². The fourth-order valence-corrected chi connectivity index (χ4v) is 14.4. The Morgan fingerprint density at radius 3 is 0.970 bits per heavy atom.